The summed E-state index contributed by atoms with van der Waals surface area (Å²) < 4.78 is 0. The smallest absolute Gasteiger partial charge is 0.310 e. The molecule has 0 saturated heterocycles. The van der Waals surface area contributed by atoms with Crippen LogP contribution in [0.25, 0.3) is 0 Å². The molecule has 0 aromatic rings. The van der Waals surface area contributed by atoms with Gasteiger partial charge in [-0.3, -0.25) is 9.59 Å². The zero-order valence-electron chi connectivity index (χ0n) is 7.75. The summed E-state index contributed by atoms with van der Waals surface area (Å²) in [6.07, 6.45) is 2.93. The average Bonchev–Trinajstić information content (AvgIpc) is 2.04. The quantitative estimate of drug-likeness (QED) is 0.666. The number of primary amides is 1. The maximum absolute atomic E-state index is 11.0. The lowest BCUT2D eigenvalue weighted by atomic mass is 9.67. The molecule has 2 unspecified atom stereocenters. The Hall–Kier alpha value is -1.06. The third-order valence-corrected chi connectivity index (χ3v) is 3.04. The lowest BCUT2D eigenvalue weighted by Gasteiger charge is -2.35. The second-order valence-electron chi connectivity index (χ2n) is 3.92. The maximum atomic E-state index is 11.0. The van der Waals surface area contributed by atoms with Gasteiger partial charge in [0.05, 0.1) is 11.3 Å². The Morgan fingerprint density at radius 2 is 2.08 bits per heavy atom. The average molecular weight is 185 g/mol. The van der Waals surface area contributed by atoms with Crippen LogP contribution in [-0.2, 0) is 9.59 Å². The van der Waals surface area contributed by atoms with Gasteiger partial charge in [-0.15, -0.1) is 0 Å². The SMILES string of the molecule is CC1(C(=O)O)CCCCC1C(N)=O. The Balaban J connectivity index is 2.89. The Morgan fingerprint density at radius 3 is 2.46 bits per heavy atom. The number of rotatable bonds is 2. The summed E-state index contributed by atoms with van der Waals surface area (Å²) in [4.78, 5) is 22.0. The van der Waals surface area contributed by atoms with Gasteiger partial charge in [-0.05, 0) is 19.8 Å². The van der Waals surface area contributed by atoms with Gasteiger partial charge in [0.25, 0.3) is 0 Å². The van der Waals surface area contributed by atoms with Crippen molar-refractivity contribution in [2.24, 2.45) is 17.1 Å². The van der Waals surface area contributed by atoms with Crippen LogP contribution >= 0.6 is 0 Å². The van der Waals surface area contributed by atoms with Crippen molar-refractivity contribution in [1.82, 2.24) is 0 Å². The molecule has 0 spiro atoms. The first kappa shape index (κ1) is 10.0. The second kappa shape index (κ2) is 3.36. The van der Waals surface area contributed by atoms with Gasteiger partial charge in [0.15, 0.2) is 0 Å². The van der Waals surface area contributed by atoms with Crippen LogP contribution in [0.1, 0.15) is 32.6 Å². The molecule has 1 aliphatic rings. The highest BCUT2D eigenvalue weighted by Gasteiger charge is 2.45. The van der Waals surface area contributed by atoms with Gasteiger partial charge in [0.1, 0.15) is 0 Å². The maximum Gasteiger partial charge on any atom is 0.310 e. The molecule has 0 bridgehead atoms. The van der Waals surface area contributed by atoms with Gasteiger partial charge in [0.2, 0.25) is 5.91 Å². The predicted molar refractivity (Wildman–Crippen MR) is 46.9 cm³/mol. The molecule has 3 N–H and O–H groups in total. The molecule has 0 radical (unpaired) electrons. The molecule has 1 aliphatic carbocycles. The van der Waals surface area contributed by atoms with E-state index in [0.29, 0.717) is 12.8 Å². The van der Waals surface area contributed by atoms with Crippen molar-refractivity contribution in [2.45, 2.75) is 32.6 Å². The van der Waals surface area contributed by atoms with Crippen LogP contribution < -0.4 is 5.73 Å². The van der Waals surface area contributed by atoms with E-state index in [1.165, 1.54) is 0 Å². The summed E-state index contributed by atoms with van der Waals surface area (Å²) in [7, 11) is 0. The molecule has 0 aromatic heterocycles. The van der Waals surface area contributed by atoms with Crippen molar-refractivity contribution in [3.63, 3.8) is 0 Å². The molecule has 0 heterocycles. The molecule has 0 aliphatic heterocycles. The Labute approximate surface area is 77.1 Å². The highest BCUT2D eigenvalue weighted by Crippen LogP contribution is 2.40. The number of carbonyl (C=O) groups is 2. The molecule has 1 rings (SSSR count). The van der Waals surface area contributed by atoms with E-state index in [-0.39, 0.29) is 0 Å². The van der Waals surface area contributed by atoms with E-state index in [2.05, 4.69) is 0 Å². The van der Waals surface area contributed by atoms with Crippen LogP contribution in [0, 0.1) is 11.3 Å². The highest BCUT2D eigenvalue weighted by molar-refractivity contribution is 5.86. The molecule has 1 fully saturated rings. The molecule has 13 heavy (non-hydrogen) atoms. The number of hydrogen-bond donors (Lipinski definition) is 2. The third kappa shape index (κ3) is 1.66. The molecule has 0 aromatic carbocycles. The Bertz CT molecular complexity index is 239. The normalized spacial score (nSPS) is 34.1. The molecule has 4 nitrogen and oxygen atoms in total. The minimum absolute atomic E-state index is 0.482. The fourth-order valence-electron chi connectivity index (χ4n) is 2.05. The molecular weight excluding hydrogens is 170 g/mol. The summed E-state index contributed by atoms with van der Waals surface area (Å²) in [5, 5.41) is 9.01. The van der Waals surface area contributed by atoms with E-state index in [1.807, 2.05) is 0 Å². The fraction of sp³-hybridized carbons (Fsp3) is 0.778. The first-order valence-corrected chi connectivity index (χ1v) is 4.51. The lowest BCUT2D eigenvalue weighted by Crippen LogP contribution is -2.45. The van der Waals surface area contributed by atoms with E-state index in [4.69, 9.17) is 10.8 Å². The van der Waals surface area contributed by atoms with E-state index in [0.717, 1.165) is 12.8 Å². The minimum atomic E-state index is -0.940. The second-order valence-corrected chi connectivity index (χ2v) is 3.92. The van der Waals surface area contributed by atoms with Gasteiger partial charge in [-0.25, -0.2) is 0 Å². The predicted octanol–water partition coefficient (Wildman–Crippen LogP) is 0.753. The topological polar surface area (TPSA) is 80.4 Å². The molecule has 2 atom stereocenters. The summed E-state index contributed by atoms with van der Waals surface area (Å²) in [6.45, 7) is 1.62. The van der Waals surface area contributed by atoms with Crippen molar-refractivity contribution in [3.05, 3.63) is 0 Å². The first-order chi connectivity index (χ1) is 5.98. The summed E-state index contributed by atoms with van der Waals surface area (Å²) in [6, 6.07) is 0. The molecule has 4 heteroatoms. The van der Waals surface area contributed by atoms with E-state index < -0.39 is 23.2 Å². The van der Waals surface area contributed by atoms with E-state index in [9.17, 15) is 9.59 Å². The van der Waals surface area contributed by atoms with Crippen molar-refractivity contribution in [1.29, 1.82) is 0 Å². The Morgan fingerprint density at radius 1 is 1.46 bits per heavy atom. The first-order valence-electron chi connectivity index (χ1n) is 4.51. The van der Waals surface area contributed by atoms with Crippen molar-refractivity contribution in [3.8, 4) is 0 Å². The van der Waals surface area contributed by atoms with Gasteiger partial charge in [0, 0.05) is 0 Å². The van der Waals surface area contributed by atoms with E-state index in [1.54, 1.807) is 6.92 Å². The van der Waals surface area contributed by atoms with Crippen LogP contribution in [0.15, 0.2) is 0 Å². The number of amides is 1. The lowest BCUT2D eigenvalue weighted by molar-refractivity contribution is -0.157. The molecular formula is C9H15NO3. The largest absolute Gasteiger partial charge is 0.481 e. The van der Waals surface area contributed by atoms with Gasteiger partial charge >= 0.3 is 5.97 Å². The monoisotopic (exact) mass is 185 g/mol. The van der Waals surface area contributed by atoms with Crippen molar-refractivity contribution < 1.29 is 14.7 Å². The Kier molecular flexibility index (Phi) is 2.59. The number of hydrogen-bond acceptors (Lipinski definition) is 2. The van der Waals surface area contributed by atoms with Crippen LogP contribution in [0.3, 0.4) is 0 Å². The van der Waals surface area contributed by atoms with Gasteiger partial charge in [-0.1, -0.05) is 12.8 Å². The summed E-state index contributed by atoms with van der Waals surface area (Å²) in [5.41, 5.74) is 4.24. The number of carboxylic acid groups (broad SMARTS) is 1. The van der Waals surface area contributed by atoms with Crippen molar-refractivity contribution >= 4 is 11.9 Å². The number of nitrogens with two attached hydrogens (primary N) is 1. The molecule has 1 saturated carbocycles. The number of carboxylic acids is 1. The third-order valence-electron chi connectivity index (χ3n) is 3.04. The standard InChI is InChI=1S/C9H15NO3/c1-9(8(12)13)5-3-2-4-6(9)7(10)11/h6H,2-5H2,1H3,(H2,10,11)(H,12,13). The molecule has 1 amide bonds. The van der Waals surface area contributed by atoms with Gasteiger partial charge < -0.3 is 10.8 Å². The fourth-order valence-corrected chi connectivity index (χ4v) is 2.05. The number of carbonyl (C=O) groups excluding carboxylic acids is 1. The van der Waals surface area contributed by atoms with Crippen LogP contribution in [-0.4, -0.2) is 17.0 Å². The molecule has 74 valence electrons. The van der Waals surface area contributed by atoms with Crippen LogP contribution in [0.4, 0.5) is 0 Å². The van der Waals surface area contributed by atoms with Crippen LogP contribution in [0.5, 0.6) is 0 Å². The zero-order chi connectivity index (χ0) is 10.1. The van der Waals surface area contributed by atoms with Crippen LogP contribution in [0.2, 0.25) is 0 Å². The summed E-state index contributed by atoms with van der Waals surface area (Å²) in [5.74, 6) is -1.89. The summed E-state index contributed by atoms with van der Waals surface area (Å²) >= 11 is 0. The zero-order valence-corrected chi connectivity index (χ0v) is 7.75. The van der Waals surface area contributed by atoms with Gasteiger partial charge in [-0.2, -0.15) is 0 Å². The number of aliphatic carboxylic acids is 1. The van der Waals surface area contributed by atoms with E-state index >= 15 is 0 Å². The highest BCUT2D eigenvalue weighted by atomic mass is 16.4. The minimum Gasteiger partial charge on any atom is -0.481 e. The van der Waals surface area contributed by atoms with Crippen molar-refractivity contribution in [2.75, 3.05) is 0 Å².